The third-order valence-corrected chi connectivity index (χ3v) is 3.60. The van der Waals surface area contributed by atoms with Crippen LogP contribution in [0.1, 0.15) is 73.1 Å². The van der Waals surface area contributed by atoms with E-state index in [0.717, 1.165) is 38.5 Å². The van der Waals surface area contributed by atoms with Crippen LogP contribution in [0.3, 0.4) is 0 Å². The minimum atomic E-state index is 0.328. The van der Waals surface area contributed by atoms with Crippen molar-refractivity contribution >= 4 is 11.6 Å². The molecule has 0 nitrogen and oxygen atoms in total. The molecule has 0 N–H and O–H groups in total. The van der Waals surface area contributed by atoms with Crippen molar-refractivity contribution in [2.24, 2.45) is 5.41 Å². The van der Waals surface area contributed by atoms with Gasteiger partial charge in [0, 0.05) is 5.88 Å². The second-order valence-electron chi connectivity index (χ2n) is 7.47. The first-order valence-electron chi connectivity index (χ1n) is 8.44. The fourth-order valence-electron chi connectivity index (χ4n) is 2.53. The minimum absolute atomic E-state index is 0.328. The molecule has 0 aromatic carbocycles. The highest BCUT2D eigenvalue weighted by atomic mass is 35.5. The van der Waals surface area contributed by atoms with Crippen LogP contribution in [0.4, 0.5) is 0 Å². The second kappa shape index (κ2) is 11.8. The van der Waals surface area contributed by atoms with Gasteiger partial charge in [0.1, 0.15) is 0 Å². The van der Waals surface area contributed by atoms with E-state index in [2.05, 4.69) is 59.4 Å². The van der Waals surface area contributed by atoms with Gasteiger partial charge in [-0.05, 0) is 57.8 Å². The van der Waals surface area contributed by atoms with E-state index in [-0.39, 0.29) is 0 Å². The lowest BCUT2D eigenvalue weighted by Crippen LogP contribution is -2.06. The fourth-order valence-corrected chi connectivity index (χ4v) is 2.75. The normalized spacial score (nSPS) is 13.2. The molecular weight excluding hydrogens is 288 g/mol. The maximum atomic E-state index is 5.90. The second-order valence-corrected chi connectivity index (χ2v) is 7.78. The first kappa shape index (κ1) is 21.2. The van der Waals surface area contributed by atoms with Crippen LogP contribution < -0.4 is 0 Å². The molecule has 0 aromatic rings. The number of halogens is 1. The molecule has 0 fully saturated rings. The number of alkyl halides is 1. The molecule has 0 saturated carbocycles. The summed E-state index contributed by atoms with van der Waals surface area (Å²) in [7, 11) is 0. The molecule has 0 unspecified atom stereocenters. The molecule has 0 aliphatic heterocycles. The predicted molar refractivity (Wildman–Crippen MR) is 104 cm³/mol. The van der Waals surface area contributed by atoms with E-state index < -0.39 is 0 Å². The van der Waals surface area contributed by atoms with Crippen LogP contribution in [0.2, 0.25) is 0 Å². The molecule has 0 aliphatic carbocycles. The maximum absolute atomic E-state index is 5.90. The smallest absolute Gasteiger partial charge is 0.0406 e. The fraction of sp³-hybridized carbons (Fsp3) is 0.619. The molecule has 0 saturated heterocycles. The quantitative estimate of drug-likeness (QED) is 0.286. The van der Waals surface area contributed by atoms with Gasteiger partial charge in [-0.2, -0.15) is 0 Å². The molecule has 22 heavy (non-hydrogen) atoms. The molecule has 0 aliphatic rings. The van der Waals surface area contributed by atoms with Crippen molar-refractivity contribution in [1.29, 1.82) is 0 Å². The molecule has 0 bridgehead atoms. The first-order chi connectivity index (χ1) is 10.3. The van der Waals surface area contributed by atoms with Crippen molar-refractivity contribution in [2.45, 2.75) is 73.1 Å². The molecule has 0 atom stereocenters. The molecule has 0 aromatic heterocycles. The van der Waals surface area contributed by atoms with E-state index in [1.165, 1.54) is 16.7 Å². The highest BCUT2D eigenvalue weighted by Gasteiger charge is 2.12. The molecule has 0 heterocycles. The summed E-state index contributed by atoms with van der Waals surface area (Å²) in [6.45, 7) is 15.1. The van der Waals surface area contributed by atoms with Crippen molar-refractivity contribution in [1.82, 2.24) is 0 Å². The summed E-state index contributed by atoms with van der Waals surface area (Å²) in [6, 6.07) is 0. The van der Waals surface area contributed by atoms with E-state index in [0.29, 0.717) is 11.3 Å². The van der Waals surface area contributed by atoms with Crippen LogP contribution in [0, 0.1) is 5.41 Å². The lowest BCUT2D eigenvalue weighted by Gasteiger charge is -2.20. The molecule has 1 heteroatoms. The standard InChI is InChI=1S/C21H35Cl/c1-7-10-19(12-8-11-18(2)3)13-9-14-20(15-16-22)17-21(4,5)6/h7,11,13,15H,1,8-10,12,14,16-17H2,2-6H3/b19-13+,20-15-. The summed E-state index contributed by atoms with van der Waals surface area (Å²) in [4.78, 5) is 0. The van der Waals surface area contributed by atoms with Gasteiger partial charge in [-0.3, -0.25) is 0 Å². The van der Waals surface area contributed by atoms with Crippen LogP contribution in [0.5, 0.6) is 0 Å². The van der Waals surface area contributed by atoms with Gasteiger partial charge in [-0.15, -0.1) is 18.2 Å². The summed E-state index contributed by atoms with van der Waals surface area (Å²) < 4.78 is 0. The predicted octanol–water partition coefficient (Wildman–Crippen LogP) is 7.62. The Labute approximate surface area is 144 Å². The Balaban J connectivity index is 4.55. The average Bonchev–Trinajstić information content (AvgIpc) is 2.36. The molecule has 0 radical (unpaired) electrons. The van der Waals surface area contributed by atoms with Gasteiger partial charge in [-0.25, -0.2) is 0 Å². The van der Waals surface area contributed by atoms with Crippen LogP contribution in [0.15, 0.2) is 47.6 Å². The topological polar surface area (TPSA) is 0 Å². The van der Waals surface area contributed by atoms with Crippen molar-refractivity contribution in [3.63, 3.8) is 0 Å². The Morgan fingerprint density at radius 2 is 1.55 bits per heavy atom. The molecule has 126 valence electrons. The van der Waals surface area contributed by atoms with Gasteiger partial charge in [0.05, 0.1) is 0 Å². The van der Waals surface area contributed by atoms with Crippen LogP contribution in [0.25, 0.3) is 0 Å². The summed E-state index contributed by atoms with van der Waals surface area (Å²) in [5.74, 6) is 0.620. The molecule has 0 rings (SSSR count). The van der Waals surface area contributed by atoms with Gasteiger partial charge < -0.3 is 0 Å². The van der Waals surface area contributed by atoms with Gasteiger partial charge in [0.15, 0.2) is 0 Å². The van der Waals surface area contributed by atoms with Crippen molar-refractivity contribution in [3.8, 4) is 0 Å². The van der Waals surface area contributed by atoms with E-state index in [4.69, 9.17) is 11.6 Å². The Kier molecular flexibility index (Phi) is 11.4. The molecule has 0 spiro atoms. The van der Waals surface area contributed by atoms with Gasteiger partial charge in [-0.1, -0.05) is 61.8 Å². The van der Waals surface area contributed by atoms with E-state index in [9.17, 15) is 0 Å². The highest BCUT2D eigenvalue weighted by molar-refractivity contribution is 6.18. The first-order valence-corrected chi connectivity index (χ1v) is 8.98. The van der Waals surface area contributed by atoms with Crippen molar-refractivity contribution in [3.05, 3.63) is 47.6 Å². The zero-order valence-electron chi connectivity index (χ0n) is 15.3. The summed E-state index contributed by atoms with van der Waals surface area (Å²) >= 11 is 5.90. The van der Waals surface area contributed by atoms with Crippen molar-refractivity contribution in [2.75, 3.05) is 5.88 Å². The van der Waals surface area contributed by atoms with E-state index in [1.807, 2.05) is 6.08 Å². The zero-order chi connectivity index (χ0) is 17.0. The SMILES string of the molecule is C=CC/C(=C\CC/C(=C/CCl)CC(C)(C)C)CCC=C(C)C. The number of hydrogen-bond donors (Lipinski definition) is 0. The zero-order valence-corrected chi connectivity index (χ0v) is 16.1. The Morgan fingerprint density at radius 1 is 0.955 bits per heavy atom. The summed E-state index contributed by atoms with van der Waals surface area (Å²) in [5.41, 5.74) is 4.72. The van der Waals surface area contributed by atoms with Crippen LogP contribution in [-0.4, -0.2) is 5.88 Å². The monoisotopic (exact) mass is 322 g/mol. The van der Waals surface area contributed by atoms with Gasteiger partial charge >= 0.3 is 0 Å². The molecular formula is C21H35Cl. The Bertz CT molecular complexity index is 398. The number of rotatable bonds is 10. The van der Waals surface area contributed by atoms with Crippen LogP contribution in [-0.2, 0) is 0 Å². The minimum Gasteiger partial charge on any atom is -0.122 e. The molecule has 0 amide bonds. The lowest BCUT2D eigenvalue weighted by molar-refractivity contribution is 0.404. The van der Waals surface area contributed by atoms with E-state index >= 15 is 0 Å². The number of hydrogen-bond acceptors (Lipinski definition) is 0. The summed E-state index contributed by atoms with van der Waals surface area (Å²) in [5, 5.41) is 0. The van der Waals surface area contributed by atoms with E-state index in [1.54, 1.807) is 0 Å². The Hall–Kier alpha value is -0.750. The lowest BCUT2D eigenvalue weighted by atomic mass is 9.86. The van der Waals surface area contributed by atoms with Crippen LogP contribution >= 0.6 is 11.6 Å². The number of allylic oxidation sites excluding steroid dienone is 7. The third-order valence-electron chi connectivity index (χ3n) is 3.45. The Morgan fingerprint density at radius 3 is 2.05 bits per heavy atom. The van der Waals surface area contributed by atoms with Gasteiger partial charge in [0.25, 0.3) is 0 Å². The maximum Gasteiger partial charge on any atom is 0.0406 e. The third kappa shape index (κ3) is 13.0. The van der Waals surface area contributed by atoms with Gasteiger partial charge in [0.2, 0.25) is 0 Å². The largest absolute Gasteiger partial charge is 0.122 e. The van der Waals surface area contributed by atoms with Crippen molar-refractivity contribution < 1.29 is 0 Å². The highest BCUT2D eigenvalue weighted by Crippen LogP contribution is 2.27. The average molecular weight is 323 g/mol. The summed E-state index contributed by atoms with van der Waals surface area (Å²) in [6.07, 6.45) is 15.6.